The lowest BCUT2D eigenvalue weighted by atomic mass is 9.92. The van der Waals surface area contributed by atoms with Crippen molar-refractivity contribution in [1.29, 1.82) is 0 Å². The van der Waals surface area contributed by atoms with Gasteiger partial charge in [0, 0.05) is 0 Å². The summed E-state index contributed by atoms with van der Waals surface area (Å²) in [5.74, 6) is 3.58. The Morgan fingerprint density at radius 1 is 0.560 bits per heavy atom. The van der Waals surface area contributed by atoms with Crippen molar-refractivity contribution in [3.8, 4) is 11.1 Å². The van der Waals surface area contributed by atoms with Crippen LogP contribution in [-0.4, -0.2) is 0 Å². The average molecular weight is 328 g/mol. The summed E-state index contributed by atoms with van der Waals surface area (Å²) < 4.78 is 11.8. The summed E-state index contributed by atoms with van der Waals surface area (Å²) in [4.78, 5) is 0. The molecule has 0 spiro atoms. The molecule has 0 bridgehead atoms. The first-order valence-corrected chi connectivity index (χ1v) is 8.49. The number of benzene rings is 2. The fourth-order valence-electron chi connectivity index (χ4n) is 3.18. The van der Waals surface area contributed by atoms with Gasteiger partial charge >= 0.3 is 0 Å². The molecule has 0 amide bonds. The van der Waals surface area contributed by atoms with Crippen LogP contribution in [0.2, 0.25) is 0 Å². The molecule has 0 fully saturated rings. The number of hydrogen-bond acceptors (Lipinski definition) is 2. The first kappa shape index (κ1) is 15.5. The molecular weight excluding hydrogens is 308 g/mol. The molecule has 4 aromatic rings. The van der Waals surface area contributed by atoms with Gasteiger partial charge < -0.3 is 8.83 Å². The van der Waals surface area contributed by atoms with E-state index in [1.54, 1.807) is 0 Å². The van der Waals surface area contributed by atoms with Crippen LogP contribution < -0.4 is 0 Å². The molecule has 2 aromatic carbocycles. The van der Waals surface area contributed by atoms with Crippen LogP contribution in [0.5, 0.6) is 0 Å². The topological polar surface area (TPSA) is 26.3 Å². The lowest BCUT2D eigenvalue weighted by Crippen LogP contribution is -2.01. The van der Waals surface area contributed by atoms with Crippen molar-refractivity contribution in [3.05, 3.63) is 107 Å². The van der Waals surface area contributed by atoms with E-state index < -0.39 is 0 Å². The molecule has 4 rings (SSSR count). The van der Waals surface area contributed by atoms with E-state index in [4.69, 9.17) is 8.83 Å². The van der Waals surface area contributed by atoms with Gasteiger partial charge in [-0.25, -0.2) is 0 Å². The van der Waals surface area contributed by atoms with Gasteiger partial charge in [-0.15, -0.1) is 0 Å². The van der Waals surface area contributed by atoms with Crippen LogP contribution in [0.15, 0.2) is 87.7 Å². The molecule has 0 aliphatic rings. The molecular formula is C23H20O2. The quantitative estimate of drug-likeness (QED) is 0.437. The summed E-state index contributed by atoms with van der Waals surface area (Å²) in [5, 5.41) is 0. The first-order chi connectivity index (χ1) is 12.2. The van der Waals surface area contributed by atoms with Crippen molar-refractivity contribution in [3.63, 3.8) is 0 Å². The van der Waals surface area contributed by atoms with Gasteiger partial charge in [0.25, 0.3) is 0 Å². The minimum atomic E-state index is -0.0350. The second-order valence-corrected chi connectivity index (χ2v) is 6.32. The van der Waals surface area contributed by atoms with Crippen LogP contribution >= 0.6 is 0 Å². The standard InChI is InChI=1S/C23H20O2/c1-16-8-14-21(24-16)23(22-15-9-17(2)25-22)20-12-10-19(11-13-20)18-6-4-3-5-7-18/h3-15,23H,1-2H3. The largest absolute Gasteiger partial charge is 0.465 e. The Morgan fingerprint density at radius 3 is 1.56 bits per heavy atom. The van der Waals surface area contributed by atoms with Crippen LogP contribution in [0.25, 0.3) is 11.1 Å². The molecule has 0 atom stereocenters. The van der Waals surface area contributed by atoms with Gasteiger partial charge in [0.05, 0.1) is 0 Å². The summed E-state index contributed by atoms with van der Waals surface area (Å²) in [7, 11) is 0. The maximum absolute atomic E-state index is 5.92. The van der Waals surface area contributed by atoms with Gasteiger partial charge in [0.1, 0.15) is 29.0 Å². The Labute approximate surface area is 147 Å². The predicted molar refractivity (Wildman–Crippen MR) is 99.7 cm³/mol. The van der Waals surface area contributed by atoms with Gasteiger partial charge in [-0.05, 0) is 54.8 Å². The maximum Gasteiger partial charge on any atom is 0.119 e. The predicted octanol–water partition coefficient (Wildman–Crippen LogP) is 6.34. The SMILES string of the molecule is Cc1ccc(C(c2ccc(-c3ccccc3)cc2)c2ccc(C)o2)o1. The molecule has 0 saturated heterocycles. The highest BCUT2D eigenvalue weighted by atomic mass is 16.4. The normalized spacial score (nSPS) is 11.2. The zero-order valence-electron chi connectivity index (χ0n) is 14.4. The minimum absolute atomic E-state index is 0.0350. The first-order valence-electron chi connectivity index (χ1n) is 8.49. The Kier molecular flexibility index (Phi) is 4.02. The van der Waals surface area contributed by atoms with Crippen molar-refractivity contribution in [2.45, 2.75) is 19.8 Å². The van der Waals surface area contributed by atoms with E-state index in [2.05, 4.69) is 48.5 Å². The van der Waals surface area contributed by atoms with E-state index in [9.17, 15) is 0 Å². The molecule has 2 aromatic heterocycles. The summed E-state index contributed by atoms with van der Waals surface area (Å²) in [6.45, 7) is 3.93. The highest BCUT2D eigenvalue weighted by Gasteiger charge is 2.23. The Morgan fingerprint density at radius 2 is 1.08 bits per heavy atom. The molecule has 2 nitrogen and oxygen atoms in total. The highest BCUT2D eigenvalue weighted by Crippen LogP contribution is 2.35. The van der Waals surface area contributed by atoms with E-state index in [-0.39, 0.29) is 5.92 Å². The fourth-order valence-corrected chi connectivity index (χ4v) is 3.18. The van der Waals surface area contributed by atoms with Gasteiger partial charge in [-0.1, -0.05) is 54.6 Å². The number of aryl methyl sites for hydroxylation is 2. The molecule has 2 heteroatoms. The van der Waals surface area contributed by atoms with Gasteiger partial charge in [-0.3, -0.25) is 0 Å². The minimum Gasteiger partial charge on any atom is -0.465 e. The third kappa shape index (κ3) is 3.16. The van der Waals surface area contributed by atoms with Crippen molar-refractivity contribution in [1.82, 2.24) is 0 Å². The molecule has 0 N–H and O–H groups in total. The monoisotopic (exact) mass is 328 g/mol. The van der Waals surface area contributed by atoms with Gasteiger partial charge in [0.15, 0.2) is 0 Å². The van der Waals surface area contributed by atoms with Gasteiger partial charge in [-0.2, -0.15) is 0 Å². The molecule has 0 saturated carbocycles. The van der Waals surface area contributed by atoms with Crippen molar-refractivity contribution < 1.29 is 8.83 Å². The average Bonchev–Trinajstić information content (AvgIpc) is 3.26. The molecule has 2 heterocycles. The highest BCUT2D eigenvalue weighted by molar-refractivity contribution is 5.63. The van der Waals surface area contributed by atoms with Crippen molar-refractivity contribution in [2.75, 3.05) is 0 Å². The van der Waals surface area contributed by atoms with Crippen LogP contribution in [0.3, 0.4) is 0 Å². The second-order valence-electron chi connectivity index (χ2n) is 6.32. The summed E-state index contributed by atoms with van der Waals surface area (Å²) in [6.07, 6.45) is 0. The zero-order chi connectivity index (χ0) is 17.2. The van der Waals surface area contributed by atoms with Crippen LogP contribution in [0.1, 0.15) is 34.5 Å². The molecule has 0 radical (unpaired) electrons. The Balaban J connectivity index is 1.75. The maximum atomic E-state index is 5.92. The van der Waals surface area contributed by atoms with Crippen LogP contribution in [0.4, 0.5) is 0 Å². The molecule has 124 valence electrons. The molecule has 0 aliphatic carbocycles. The fraction of sp³-hybridized carbons (Fsp3) is 0.130. The lowest BCUT2D eigenvalue weighted by Gasteiger charge is -2.14. The summed E-state index contributed by atoms with van der Waals surface area (Å²) >= 11 is 0. The molecule has 0 unspecified atom stereocenters. The summed E-state index contributed by atoms with van der Waals surface area (Å²) in [6, 6.07) is 27.1. The Hall–Kier alpha value is -3.00. The molecule has 25 heavy (non-hydrogen) atoms. The number of rotatable bonds is 4. The van der Waals surface area contributed by atoms with Crippen molar-refractivity contribution in [2.24, 2.45) is 0 Å². The number of furan rings is 2. The zero-order valence-corrected chi connectivity index (χ0v) is 14.4. The Bertz CT molecular complexity index is 919. The van der Waals surface area contributed by atoms with E-state index in [0.29, 0.717) is 0 Å². The second kappa shape index (κ2) is 6.48. The van der Waals surface area contributed by atoms with Gasteiger partial charge in [0.2, 0.25) is 0 Å². The van der Waals surface area contributed by atoms with Crippen molar-refractivity contribution >= 4 is 0 Å². The van der Waals surface area contributed by atoms with E-state index in [1.165, 1.54) is 11.1 Å². The smallest absolute Gasteiger partial charge is 0.119 e. The van der Waals surface area contributed by atoms with E-state index in [1.807, 2.05) is 44.2 Å². The number of hydrogen-bond donors (Lipinski definition) is 0. The van der Waals surface area contributed by atoms with E-state index in [0.717, 1.165) is 28.6 Å². The van der Waals surface area contributed by atoms with Crippen LogP contribution in [-0.2, 0) is 0 Å². The third-order valence-electron chi connectivity index (χ3n) is 4.44. The third-order valence-corrected chi connectivity index (χ3v) is 4.44. The lowest BCUT2D eigenvalue weighted by molar-refractivity contribution is 0.428. The molecule has 0 aliphatic heterocycles. The van der Waals surface area contributed by atoms with Crippen LogP contribution in [0, 0.1) is 13.8 Å². The van der Waals surface area contributed by atoms with E-state index >= 15 is 0 Å². The summed E-state index contributed by atoms with van der Waals surface area (Å²) in [5.41, 5.74) is 3.58.